The highest BCUT2D eigenvalue weighted by Gasteiger charge is 2.44. The third-order valence-corrected chi connectivity index (χ3v) is 8.06. The standard InChI is InChI=1S/C32H34N4O3S/c1-2-3-16-36-20-27(19-25-8-5-4-6-9-25)34-31(36)26-11-13-28(14-12-26)37-21-29-22-38-32(39-29,30-10-7-18-40-30)23-35-17-15-33-24-35/h4-15,17-18,20,24,29H,2-3,16,19,21-23H2,1H3. The minimum absolute atomic E-state index is 0.182. The van der Waals surface area contributed by atoms with E-state index < -0.39 is 5.79 Å². The molecule has 1 fully saturated rings. The van der Waals surface area contributed by atoms with Crippen molar-refractivity contribution in [3.05, 3.63) is 113 Å². The lowest BCUT2D eigenvalue weighted by Gasteiger charge is -2.27. The van der Waals surface area contributed by atoms with Crippen LogP contribution in [0.1, 0.15) is 35.9 Å². The average molecular weight is 555 g/mol. The van der Waals surface area contributed by atoms with Crippen molar-refractivity contribution in [3.8, 4) is 17.1 Å². The van der Waals surface area contributed by atoms with E-state index in [4.69, 9.17) is 19.2 Å². The first-order valence-electron chi connectivity index (χ1n) is 13.9. The largest absolute Gasteiger partial charge is 0.491 e. The van der Waals surface area contributed by atoms with Crippen molar-refractivity contribution in [1.82, 2.24) is 19.1 Å². The molecule has 7 nitrogen and oxygen atoms in total. The third-order valence-electron chi connectivity index (χ3n) is 7.06. The van der Waals surface area contributed by atoms with Gasteiger partial charge in [-0.15, -0.1) is 11.3 Å². The molecule has 0 radical (unpaired) electrons. The van der Waals surface area contributed by atoms with E-state index in [-0.39, 0.29) is 6.10 Å². The van der Waals surface area contributed by atoms with Crippen molar-refractivity contribution in [1.29, 1.82) is 0 Å². The summed E-state index contributed by atoms with van der Waals surface area (Å²) in [6.45, 7) is 4.58. The van der Waals surface area contributed by atoms with E-state index in [2.05, 4.69) is 65.1 Å². The Labute approximate surface area is 239 Å². The molecule has 8 heteroatoms. The minimum Gasteiger partial charge on any atom is -0.491 e. The maximum Gasteiger partial charge on any atom is 0.223 e. The Hall–Kier alpha value is -3.72. The van der Waals surface area contributed by atoms with Gasteiger partial charge in [0.1, 0.15) is 24.3 Å². The lowest BCUT2D eigenvalue weighted by Crippen LogP contribution is -2.33. The number of rotatable bonds is 12. The van der Waals surface area contributed by atoms with Crippen LogP contribution in [0.5, 0.6) is 5.75 Å². The van der Waals surface area contributed by atoms with Gasteiger partial charge >= 0.3 is 0 Å². The molecule has 2 atom stereocenters. The predicted octanol–water partition coefficient (Wildman–Crippen LogP) is 6.55. The topological polar surface area (TPSA) is 63.3 Å². The van der Waals surface area contributed by atoms with E-state index in [9.17, 15) is 0 Å². The number of hydrogen-bond acceptors (Lipinski definition) is 6. The number of thiophene rings is 1. The van der Waals surface area contributed by atoms with Gasteiger partial charge in [0, 0.05) is 37.1 Å². The molecule has 1 saturated heterocycles. The van der Waals surface area contributed by atoms with Crippen molar-refractivity contribution >= 4 is 11.3 Å². The van der Waals surface area contributed by atoms with Crippen LogP contribution in [0.3, 0.4) is 0 Å². The number of unbranched alkanes of at least 4 members (excludes halogenated alkanes) is 1. The summed E-state index contributed by atoms with van der Waals surface area (Å²) in [7, 11) is 0. The lowest BCUT2D eigenvalue weighted by molar-refractivity contribution is -0.186. The number of aryl methyl sites for hydroxylation is 1. The minimum atomic E-state index is -0.834. The molecule has 0 spiro atoms. The van der Waals surface area contributed by atoms with Crippen LogP contribution in [0, 0.1) is 0 Å². The van der Waals surface area contributed by atoms with Gasteiger partial charge in [-0.2, -0.15) is 0 Å². The van der Waals surface area contributed by atoms with Gasteiger partial charge in [0.05, 0.1) is 30.1 Å². The molecule has 0 aliphatic carbocycles. The number of hydrogen-bond donors (Lipinski definition) is 0. The average Bonchev–Trinajstić information content (AvgIpc) is 3.80. The van der Waals surface area contributed by atoms with Crippen molar-refractivity contribution in [2.75, 3.05) is 13.2 Å². The fourth-order valence-electron chi connectivity index (χ4n) is 5.03. The monoisotopic (exact) mass is 554 g/mol. The SMILES string of the molecule is CCCCn1cc(Cc2ccccc2)nc1-c1ccc(OCC2COC(Cn3ccnc3)(c3cccs3)O2)cc1. The molecular formula is C32H34N4O3S. The number of aromatic nitrogens is 4. The lowest BCUT2D eigenvalue weighted by atomic mass is 10.1. The van der Waals surface area contributed by atoms with Gasteiger partial charge < -0.3 is 23.3 Å². The molecule has 2 unspecified atom stereocenters. The second-order valence-electron chi connectivity index (χ2n) is 10.1. The fraction of sp³-hybridized carbons (Fsp3) is 0.312. The summed E-state index contributed by atoms with van der Waals surface area (Å²) in [6, 6.07) is 22.8. The summed E-state index contributed by atoms with van der Waals surface area (Å²) in [5.74, 6) is 0.963. The van der Waals surface area contributed by atoms with E-state index in [0.29, 0.717) is 19.8 Å². The van der Waals surface area contributed by atoms with Gasteiger partial charge in [0.2, 0.25) is 5.79 Å². The Morgan fingerprint density at radius 3 is 2.70 bits per heavy atom. The van der Waals surface area contributed by atoms with Crippen LogP contribution in [0.15, 0.2) is 97.0 Å². The highest BCUT2D eigenvalue weighted by Crippen LogP contribution is 2.38. The maximum absolute atomic E-state index is 6.49. The molecule has 4 heterocycles. The Morgan fingerprint density at radius 1 is 1.07 bits per heavy atom. The van der Waals surface area contributed by atoms with Gasteiger partial charge in [0.25, 0.3) is 0 Å². The molecule has 5 aromatic rings. The highest BCUT2D eigenvalue weighted by molar-refractivity contribution is 7.10. The first-order chi connectivity index (χ1) is 19.7. The molecule has 206 valence electrons. The number of ether oxygens (including phenoxy) is 3. The van der Waals surface area contributed by atoms with Crippen LogP contribution in [-0.2, 0) is 34.8 Å². The number of nitrogens with zero attached hydrogens (tertiary/aromatic N) is 4. The zero-order valence-electron chi connectivity index (χ0n) is 22.7. The van der Waals surface area contributed by atoms with Crippen molar-refractivity contribution in [3.63, 3.8) is 0 Å². The number of benzene rings is 2. The molecule has 2 aromatic carbocycles. The van der Waals surface area contributed by atoms with Crippen LogP contribution in [0.4, 0.5) is 0 Å². The zero-order chi connectivity index (χ0) is 27.2. The molecule has 1 aliphatic heterocycles. The van der Waals surface area contributed by atoms with Gasteiger partial charge in [-0.25, -0.2) is 9.97 Å². The van der Waals surface area contributed by atoms with Gasteiger partial charge in [-0.1, -0.05) is 49.7 Å². The van der Waals surface area contributed by atoms with Crippen LogP contribution in [-0.4, -0.2) is 38.4 Å². The van der Waals surface area contributed by atoms with Crippen molar-refractivity contribution < 1.29 is 14.2 Å². The van der Waals surface area contributed by atoms with Crippen molar-refractivity contribution in [2.24, 2.45) is 0 Å². The Balaban J connectivity index is 1.12. The van der Waals surface area contributed by atoms with E-state index in [1.165, 1.54) is 5.56 Å². The van der Waals surface area contributed by atoms with Crippen LogP contribution >= 0.6 is 11.3 Å². The summed E-state index contributed by atoms with van der Waals surface area (Å²) >= 11 is 1.63. The normalized spacial score (nSPS) is 18.8. The predicted molar refractivity (Wildman–Crippen MR) is 156 cm³/mol. The summed E-state index contributed by atoms with van der Waals surface area (Å²) in [5.41, 5.74) is 3.44. The van der Waals surface area contributed by atoms with E-state index in [1.807, 2.05) is 40.4 Å². The summed E-state index contributed by atoms with van der Waals surface area (Å²) < 4.78 is 23.2. The third kappa shape index (κ3) is 6.04. The number of imidazole rings is 2. The van der Waals surface area contributed by atoms with Crippen LogP contribution in [0.2, 0.25) is 0 Å². The quantitative estimate of drug-likeness (QED) is 0.175. The summed E-state index contributed by atoms with van der Waals surface area (Å²) in [4.78, 5) is 10.2. The molecule has 0 saturated carbocycles. The Morgan fingerprint density at radius 2 is 1.95 bits per heavy atom. The second kappa shape index (κ2) is 12.2. The molecule has 1 aliphatic rings. The second-order valence-corrected chi connectivity index (χ2v) is 11.1. The molecule has 40 heavy (non-hydrogen) atoms. The zero-order valence-corrected chi connectivity index (χ0v) is 23.5. The Bertz CT molecular complexity index is 1470. The molecule has 6 rings (SSSR count). The van der Waals surface area contributed by atoms with Gasteiger partial charge in [-0.05, 0) is 47.7 Å². The van der Waals surface area contributed by atoms with Gasteiger partial charge in [-0.3, -0.25) is 0 Å². The summed E-state index contributed by atoms with van der Waals surface area (Å²) in [5, 5.41) is 2.04. The van der Waals surface area contributed by atoms with E-state index >= 15 is 0 Å². The molecule has 3 aromatic heterocycles. The van der Waals surface area contributed by atoms with Crippen LogP contribution < -0.4 is 4.74 Å². The summed E-state index contributed by atoms with van der Waals surface area (Å²) in [6.07, 6.45) is 10.6. The smallest absolute Gasteiger partial charge is 0.223 e. The fourth-order valence-corrected chi connectivity index (χ4v) is 5.84. The first kappa shape index (κ1) is 26.5. The van der Waals surface area contributed by atoms with Gasteiger partial charge in [0.15, 0.2) is 0 Å². The van der Waals surface area contributed by atoms with E-state index in [1.54, 1.807) is 23.9 Å². The highest BCUT2D eigenvalue weighted by atomic mass is 32.1. The van der Waals surface area contributed by atoms with Crippen LogP contribution in [0.25, 0.3) is 11.4 Å². The molecule has 0 bridgehead atoms. The first-order valence-corrected chi connectivity index (χ1v) is 14.7. The Kier molecular flexibility index (Phi) is 8.09. The molecule has 0 N–H and O–H groups in total. The maximum atomic E-state index is 6.49. The van der Waals surface area contributed by atoms with E-state index in [0.717, 1.165) is 53.5 Å². The van der Waals surface area contributed by atoms with Crippen molar-refractivity contribution in [2.45, 2.75) is 51.2 Å². The molecular weight excluding hydrogens is 520 g/mol. The molecule has 0 amide bonds.